The predicted molar refractivity (Wildman–Crippen MR) is 79.2 cm³/mol. The summed E-state index contributed by atoms with van der Waals surface area (Å²) in [4.78, 5) is 0. The molecule has 0 aromatic heterocycles. The molecule has 17 heavy (non-hydrogen) atoms. The van der Waals surface area contributed by atoms with E-state index in [1.807, 2.05) is 0 Å². The highest BCUT2D eigenvalue weighted by molar-refractivity contribution is 9.10. The molecular weight excluding hydrogens is 274 g/mol. The van der Waals surface area contributed by atoms with Crippen LogP contribution in [0.5, 0.6) is 0 Å². The van der Waals surface area contributed by atoms with Crippen LogP contribution in [0.15, 0.2) is 28.7 Å². The number of halogens is 1. The molecule has 0 aliphatic rings. The van der Waals surface area contributed by atoms with E-state index in [0.29, 0.717) is 6.04 Å². The van der Waals surface area contributed by atoms with Crippen LogP contribution >= 0.6 is 15.9 Å². The van der Waals surface area contributed by atoms with Gasteiger partial charge in [0.05, 0.1) is 0 Å². The van der Waals surface area contributed by atoms with Gasteiger partial charge >= 0.3 is 0 Å². The second-order valence-electron chi connectivity index (χ2n) is 5.42. The number of benzene rings is 1. The summed E-state index contributed by atoms with van der Waals surface area (Å²) in [6.45, 7) is 10.2. The SMILES string of the molecule is CC(C)CC(C)CNC(C)c1ccc(Br)cc1. The molecular formula is C15H24BrN. The normalized spacial score (nSPS) is 14.9. The Kier molecular flexibility index (Phi) is 6.21. The van der Waals surface area contributed by atoms with E-state index in [4.69, 9.17) is 0 Å². The van der Waals surface area contributed by atoms with Crippen LogP contribution in [0.4, 0.5) is 0 Å². The first kappa shape index (κ1) is 14.7. The van der Waals surface area contributed by atoms with Crippen molar-refractivity contribution in [2.45, 2.75) is 40.2 Å². The minimum atomic E-state index is 0.428. The van der Waals surface area contributed by atoms with Crippen molar-refractivity contribution in [2.75, 3.05) is 6.54 Å². The molecule has 0 spiro atoms. The lowest BCUT2D eigenvalue weighted by atomic mass is 9.98. The molecule has 0 saturated heterocycles. The van der Waals surface area contributed by atoms with E-state index >= 15 is 0 Å². The summed E-state index contributed by atoms with van der Waals surface area (Å²) in [5.41, 5.74) is 1.35. The van der Waals surface area contributed by atoms with Crippen molar-refractivity contribution in [3.63, 3.8) is 0 Å². The molecule has 1 N–H and O–H groups in total. The first-order valence-electron chi connectivity index (χ1n) is 6.48. The van der Waals surface area contributed by atoms with Gasteiger partial charge in [-0.15, -0.1) is 0 Å². The third-order valence-corrected chi connectivity index (χ3v) is 3.54. The minimum Gasteiger partial charge on any atom is -0.310 e. The maximum Gasteiger partial charge on any atom is 0.0291 e. The van der Waals surface area contributed by atoms with E-state index in [1.54, 1.807) is 0 Å². The number of hydrogen-bond donors (Lipinski definition) is 1. The quantitative estimate of drug-likeness (QED) is 0.797. The van der Waals surface area contributed by atoms with Gasteiger partial charge in [0.25, 0.3) is 0 Å². The van der Waals surface area contributed by atoms with Crippen molar-refractivity contribution in [1.82, 2.24) is 5.32 Å². The summed E-state index contributed by atoms with van der Waals surface area (Å²) in [5, 5.41) is 3.61. The van der Waals surface area contributed by atoms with E-state index < -0.39 is 0 Å². The molecule has 2 atom stereocenters. The van der Waals surface area contributed by atoms with Gasteiger partial charge in [-0.2, -0.15) is 0 Å². The highest BCUT2D eigenvalue weighted by atomic mass is 79.9. The third kappa shape index (κ3) is 5.69. The molecule has 1 nitrogen and oxygen atoms in total. The molecule has 2 unspecified atom stereocenters. The maximum absolute atomic E-state index is 3.61. The van der Waals surface area contributed by atoms with E-state index in [2.05, 4.69) is 73.2 Å². The molecule has 0 aliphatic heterocycles. The Morgan fingerprint density at radius 1 is 1.06 bits per heavy atom. The third-order valence-electron chi connectivity index (χ3n) is 3.02. The molecule has 2 heteroatoms. The van der Waals surface area contributed by atoms with Gasteiger partial charge in [-0.1, -0.05) is 48.8 Å². The molecule has 0 fully saturated rings. The van der Waals surface area contributed by atoms with Gasteiger partial charge in [0.1, 0.15) is 0 Å². The van der Waals surface area contributed by atoms with Gasteiger partial charge in [0.2, 0.25) is 0 Å². The Morgan fingerprint density at radius 2 is 1.65 bits per heavy atom. The molecule has 0 radical (unpaired) electrons. The average molecular weight is 298 g/mol. The summed E-state index contributed by atoms with van der Waals surface area (Å²) in [6.07, 6.45) is 1.29. The molecule has 0 saturated carbocycles. The Labute approximate surface area is 114 Å². The minimum absolute atomic E-state index is 0.428. The van der Waals surface area contributed by atoms with Crippen LogP contribution in [-0.4, -0.2) is 6.54 Å². The van der Waals surface area contributed by atoms with Crippen molar-refractivity contribution >= 4 is 15.9 Å². The Morgan fingerprint density at radius 3 is 2.18 bits per heavy atom. The van der Waals surface area contributed by atoms with Crippen molar-refractivity contribution in [1.29, 1.82) is 0 Å². The second kappa shape index (κ2) is 7.17. The smallest absolute Gasteiger partial charge is 0.0291 e. The van der Waals surface area contributed by atoms with Crippen LogP contribution in [0, 0.1) is 11.8 Å². The van der Waals surface area contributed by atoms with Gasteiger partial charge < -0.3 is 5.32 Å². The summed E-state index contributed by atoms with van der Waals surface area (Å²) in [6, 6.07) is 8.98. The predicted octanol–water partition coefficient (Wildman–Crippen LogP) is 4.78. The highest BCUT2D eigenvalue weighted by Crippen LogP contribution is 2.17. The largest absolute Gasteiger partial charge is 0.310 e. The zero-order chi connectivity index (χ0) is 12.8. The molecule has 1 aromatic carbocycles. The fourth-order valence-electron chi connectivity index (χ4n) is 2.14. The Balaban J connectivity index is 2.39. The first-order valence-corrected chi connectivity index (χ1v) is 7.27. The van der Waals surface area contributed by atoms with Crippen molar-refractivity contribution in [3.05, 3.63) is 34.3 Å². The van der Waals surface area contributed by atoms with Crippen molar-refractivity contribution in [2.24, 2.45) is 11.8 Å². The van der Waals surface area contributed by atoms with Crippen molar-refractivity contribution in [3.8, 4) is 0 Å². The fourth-order valence-corrected chi connectivity index (χ4v) is 2.40. The maximum atomic E-state index is 3.61. The Hall–Kier alpha value is -0.340. The summed E-state index contributed by atoms with van der Waals surface area (Å²) in [7, 11) is 0. The lowest BCUT2D eigenvalue weighted by Crippen LogP contribution is -2.25. The summed E-state index contributed by atoms with van der Waals surface area (Å²) >= 11 is 3.46. The van der Waals surface area contributed by atoms with Gasteiger partial charge in [0, 0.05) is 10.5 Å². The average Bonchev–Trinajstić information content (AvgIpc) is 2.26. The standard InChI is InChI=1S/C15H24BrN/c1-11(2)9-12(3)10-17-13(4)14-5-7-15(16)8-6-14/h5-8,11-13,17H,9-10H2,1-4H3. The molecule has 1 rings (SSSR count). The monoisotopic (exact) mass is 297 g/mol. The summed E-state index contributed by atoms with van der Waals surface area (Å²) in [5.74, 6) is 1.53. The first-order chi connectivity index (χ1) is 7.99. The summed E-state index contributed by atoms with van der Waals surface area (Å²) < 4.78 is 1.14. The zero-order valence-corrected chi connectivity index (χ0v) is 12.9. The van der Waals surface area contributed by atoms with Gasteiger partial charge in [-0.05, 0) is 49.4 Å². The molecule has 0 bridgehead atoms. The number of nitrogens with one attached hydrogen (secondary N) is 1. The van der Waals surface area contributed by atoms with Crippen LogP contribution in [0.1, 0.15) is 45.7 Å². The topological polar surface area (TPSA) is 12.0 Å². The molecule has 0 heterocycles. The molecule has 0 aliphatic carbocycles. The van der Waals surface area contributed by atoms with Gasteiger partial charge in [-0.3, -0.25) is 0 Å². The zero-order valence-electron chi connectivity index (χ0n) is 11.3. The molecule has 96 valence electrons. The van der Waals surface area contributed by atoms with Crippen molar-refractivity contribution < 1.29 is 0 Å². The second-order valence-corrected chi connectivity index (χ2v) is 6.33. The number of hydrogen-bond acceptors (Lipinski definition) is 1. The molecule has 1 aromatic rings. The van der Waals surface area contributed by atoms with Crippen LogP contribution in [0.2, 0.25) is 0 Å². The fraction of sp³-hybridized carbons (Fsp3) is 0.600. The van der Waals surface area contributed by atoms with Crippen LogP contribution in [0.25, 0.3) is 0 Å². The highest BCUT2D eigenvalue weighted by Gasteiger charge is 2.08. The lowest BCUT2D eigenvalue weighted by molar-refractivity contribution is 0.396. The number of rotatable bonds is 6. The Bertz CT molecular complexity index is 318. The van der Waals surface area contributed by atoms with Crippen LogP contribution < -0.4 is 5.32 Å². The molecule has 0 amide bonds. The van der Waals surface area contributed by atoms with Gasteiger partial charge in [0.15, 0.2) is 0 Å². The van der Waals surface area contributed by atoms with E-state index in [1.165, 1.54) is 12.0 Å². The van der Waals surface area contributed by atoms with E-state index in [0.717, 1.165) is 22.9 Å². The van der Waals surface area contributed by atoms with Crippen LogP contribution in [0.3, 0.4) is 0 Å². The van der Waals surface area contributed by atoms with E-state index in [9.17, 15) is 0 Å². The van der Waals surface area contributed by atoms with Gasteiger partial charge in [-0.25, -0.2) is 0 Å². The van der Waals surface area contributed by atoms with Crippen LogP contribution in [-0.2, 0) is 0 Å². The lowest BCUT2D eigenvalue weighted by Gasteiger charge is -2.19. The van der Waals surface area contributed by atoms with E-state index in [-0.39, 0.29) is 0 Å².